The minimum atomic E-state index is -0.432. The molecule has 0 unspecified atom stereocenters. The highest BCUT2D eigenvalue weighted by molar-refractivity contribution is 14.1. The topological polar surface area (TPSA) is 62.7 Å². The number of rotatable bonds is 6. The summed E-state index contributed by atoms with van der Waals surface area (Å²) in [4.78, 5) is 12.1. The van der Waals surface area contributed by atoms with Crippen molar-refractivity contribution in [2.45, 2.75) is 13.5 Å². The number of anilines is 1. The van der Waals surface area contributed by atoms with Crippen molar-refractivity contribution in [2.24, 2.45) is 5.10 Å². The van der Waals surface area contributed by atoms with Crippen molar-refractivity contribution in [2.75, 3.05) is 5.32 Å². The van der Waals surface area contributed by atoms with Crippen LogP contribution in [-0.2, 0) is 6.61 Å². The predicted molar refractivity (Wildman–Crippen MR) is 146 cm³/mol. The van der Waals surface area contributed by atoms with E-state index in [4.69, 9.17) is 27.9 Å². The Kier molecular flexibility index (Phi) is 9.24. The highest BCUT2D eigenvalue weighted by Gasteiger charge is 2.10. The molecule has 0 spiro atoms. The van der Waals surface area contributed by atoms with Crippen LogP contribution in [0.2, 0.25) is 10.0 Å². The molecule has 3 rings (SSSR count). The van der Waals surface area contributed by atoms with Crippen molar-refractivity contribution in [1.29, 1.82) is 0 Å². The molecule has 0 saturated heterocycles. The molecule has 0 aliphatic heterocycles. The fraction of sp³-hybridized carbons (Fsp3) is 0.0909. The maximum atomic E-state index is 12.1. The Morgan fingerprint density at radius 3 is 2.56 bits per heavy atom. The molecule has 2 amide bonds. The van der Waals surface area contributed by atoms with Crippen LogP contribution in [0.5, 0.6) is 5.75 Å². The van der Waals surface area contributed by atoms with Crippen LogP contribution >= 0.6 is 77.7 Å². The number of hydrazone groups is 1. The van der Waals surface area contributed by atoms with Gasteiger partial charge in [0.05, 0.1) is 24.3 Å². The van der Waals surface area contributed by atoms with Gasteiger partial charge in [0, 0.05) is 10.2 Å². The van der Waals surface area contributed by atoms with Gasteiger partial charge in [0.2, 0.25) is 0 Å². The maximum Gasteiger partial charge on any atom is 0.339 e. The Hall–Kier alpha value is -1.33. The van der Waals surface area contributed by atoms with Crippen molar-refractivity contribution in [3.05, 3.63) is 87.8 Å². The molecule has 0 aliphatic rings. The summed E-state index contributed by atoms with van der Waals surface area (Å²) in [6.45, 7) is 2.29. The fourth-order valence-corrected chi connectivity index (χ4v) is 4.96. The normalized spacial score (nSPS) is 10.9. The van der Waals surface area contributed by atoms with E-state index in [-0.39, 0.29) is 0 Å². The largest absolute Gasteiger partial charge is 0.487 e. The molecule has 0 fully saturated rings. The number of hydrogen-bond acceptors (Lipinski definition) is 3. The number of amides is 2. The van der Waals surface area contributed by atoms with Gasteiger partial charge >= 0.3 is 6.03 Å². The number of carbonyl (C=O) groups is 1. The third-order valence-electron chi connectivity index (χ3n) is 4.18. The summed E-state index contributed by atoms with van der Waals surface area (Å²) in [5.74, 6) is 0.699. The van der Waals surface area contributed by atoms with Crippen LogP contribution in [0.25, 0.3) is 0 Å². The Morgan fingerprint density at radius 1 is 1.09 bits per heavy atom. The van der Waals surface area contributed by atoms with Crippen LogP contribution in [0.15, 0.2) is 62.6 Å². The number of urea groups is 1. The van der Waals surface area contributed by atoms with E-state index in [1.807, 2.05) is 37.3 Å². The first-order valence-corrected chi connectivity index (χ1v) is 12.6. The average molecular weight is 712 g/mol. The lowest BCUT2D eigenvalue weighted by atomic mass is 10.2. The van der Waals surface area contributed by atoms with Crippen LogP contribution in [0.4, 0.5) is 10.5 Å². The Bertz CT molecular complexity index is 1170. The van der Waals surface area contributed by atoms with Crippen LogP contribution in [-0.4, -0.2) is 12.2 Å². The Morgan fingerprint density at radius 2 is 1.88 bits per heavy atom. The lowest BCUT2D eigenvalue weighted by molar-refractivity contribution is 0.252. The minimum Gasteiger partial charge on any atom is -0.487 e. The maximum absolute atomic E-state index is 12.1. The van der Waals surface area contributed by atoms with E-state index >= 15 is 0 Å². The predicted octanol–water partition coefficient (Wildman–Crippen LogP) is 8.17. The van der Waals surface area contributed by atoms with Gasteiger partial charge in [-0.25, -0.2) is 10.2 Å². The number of halogens is 5. The lowest BCUT2D eigenvalue weighted by Gasteiger charge is -2.12. The zero-order valence-electron chi connectivity index (χ0n) is 16.6. The summed E-state index contributed by atoms with van der Waals surface area (Å²) >= 11 is 21.2. The number of nitrogens with one attached hydrogen (secondary N) is 2. The molecular formula is C22H16Br2Cl2IN3O2. The molecule has 3 aromatic carbocycles. The number of benzene rings is 3. The van der Waals surface area contributed by atoms with Gasteiger partial charge in [0.25, 0.3) is 0 Å². The number of carbonyl (C=O) groups excluding carboxylic acids is 1. The quantitative estimate of drug-likeness (QED) is 0.154. The van der Waals surface area contributed by atoms with E-state index in [9.17, 15) is 4.79 Å². The number of nitrogens with zero attached hydrogens (tertiary/aromatic N) is 1. The van der Waals surface area contributed by atoms with Crippen molar-refractivity contribution < 1.29 is 9.53 Å². The zero-order chi connectivity index (χ0) is 23.3. The molecule has 0 bridgehead atoms. The van der Waals surface area contributed by atoms with Gasteiger partial charge in [-0.05, 0) is 105 Å². The minimum absolute atomic E-state index is 0.343. The molecule has 0 aliphatic carbocycles. The summed E-state index contributed by atoms with van der Waals surface area (Å²) in [7, 11) is 0. The van der Waals surface area contributed by atoms with Crippen LogP contribution in [0, 0.1) is 10.5 Å². The molecule has 32 heavy (non-hydrogen) atoms. The molecular weight excluding hydrogens is 696 g/mol. The highest BCUT2D eigenvalue weighted by atomic mass is 127. The lowest BCUT2D eigenvalue weighted by Crippen LogP contribution is -2.24. The first-order valence-electron chi connectivity index (χ1n) is 9.15. The molecule has 0 heterocycles. The molecule has 0 atom stereocenters. The van der Waals surface area contributed by atoms with Crippen LogP contribution in [0.3, 0.4) is 0 Å². The van der Waals surface area contributed by atoms with Gasteiger partial charge in [-0.2, -0.15) is 5.10 Å². The number of ether oxygens (including phenoxy) is 1. The van der Waals surface area contributed by atoms with E-state index in [0.717, 1.165) is 29.2 Å². The second-order valence-electron chi connectivity index (χ2n) is 6.64. The van der Waals surface area contributed by atoms with E-state index in [1.54, 1.807) is 24.4 Å². The van der Waals surface area contributed by atoms with Crippen molar-refractivity contribution in [1.82, 2.24) is 5.43 Å². The molecule has 166 valence electrons. The molecule has 0 radical (unpaired) electrons. The third kappa shape index (κ3) is 7.08. The van der Waals surface area contributed by atoms with E-state index in [2.05, 4.69) is 70.3 Å². The second-order valence-corrected chi connectivity index (χ2v) is 10.3. The molecule has 5 nitrogen and oxygen atoms in total. The number of hydrogen-bond donors (Lipinski definition) is 2. The van der Waals surface area contributed by atoms with Gasteiger partial charge in [-0.1, -0.05) is 45.2 Å². The van der Waals surface area contributed by atoms with Gasteiger partial charge in [0.15, 0.2) is 0 Å². The van der Waals surface area contributed by atoms with Gasteiger partial charge in [-0.3, -0.25) is 0 Å². The van der Waals surface area contributed by atoms with E-state index in [1.165, 1.54) is 0 Å². The number of aryl methyl sites for hydroxylation is 1. The second kappa shape index (κ2) is 11.7. The first kappa shape index (κ1) is 25.3. The molecule has 2 N–H and O–H groups in total. The van der Waals surface area contributed by atoms with Crippen LogP contribution in [0.1, 0.15) is 16.7 Å². The summed E-state index contributed by atoms with van der Waals surface area (Å²) in [5, 5.41) is 7.74. The fourth-order valence-electron chi connectivity index (χ4n) is 2.62. The summed E-state index contributed by atoms with van der Waals surface area (Å²) in [5.41, 5.74) is 5.86. The Balaban J connectivity index is 1.59. The Labute approximate surface area is 226 Å². The summed E-state index contributed by atoms with van der Waals surface area (Å²) in [6.07, 6.45) is 1.56. The van der Waals surface area contributed by atoms with Gasteiger partial charge in [-0.15, -0.1) is 0 Å². The molecule has 0 aromatic heterocycles. The van der Waals surface area contributed by atoms with E-state index < -0.39 is 6.03 Å². The van der Waals surface area contributed by atoms with E-state index in [0.29, 0.717) is 28.1 Å². The van der Waals surface area contributed by atoms with Crippen molar-refractivity contribution in [3.63, 3.8) is 0 Å². The van der Waals surface area contributed by atoms with Gasteiger partial charge < -0.3 is 10.1 Å². The smallest absolute Gasteiger partial charge is 0.339 e. The highest BCUT2D eigenvalue weighted by Crippen LogP contribution is 2.33. The third-order valence-corrected chi connectivity index (χ3v) is 7.20. The molecule has 10 heteroatoms. The zero-order valence-corrected chi connectivity index (χ0v) is 23.4. The van der Waals surface area contributed by atoms with Gasteiger partial charge in [0.1, 0.15) is 12.4 Å². The molecule has 3 aromatic rings. The standard InChI is InChI=1S/C22H16Br2Cl2IN3O2/c1-12-6-15(3-4-16(12)23)29-22(31)30-28-10-14-7-17(24)21(20(27)9-14)32-11-13-2-5-18(25)19(26)8-13/h2-10H,11H2,1H3,(H2,29,30,31)/b28-10+. The monoisotopic (exact) mass is 709 g/mol. The first-order chi connectivity index (χ1) is 15.2. The summed E-state index contributed by atoms with van der Waals surface area (Å²) in [6, 6.07) is 14.2. The van der Waals surface area contributed by atoms with Crippen molar-refractivity contribution in [3.8, 4) is 5.75 Å². The molecule has 0 saturated carbocycles. The van der Waals surface area contributed by atoms with Crippen molar-refractivity contribution >= 4 is 95.6 Å². The van der Waals surface area contributed by atoms with Crippen LogP contribution < -0.4 is 15.5 Å². The summed E-state index contributed by atoms with van der Waals surface area (Å²) < 4.78 is 8.57. The average Bonchev–Trinajstić information content (AvgIpc) is 2.72. The SMILES string of the molecule is Cc1cc(NC(=O)N/N=C/c2cc(Br)c(OCc3ccc(Cl)c(Cl)c3)c(I)c2)ccc1Br.